The number of para-hydroxylation sites is 1. The lowest BCUT2D eigenvalue weighted by Crippen LogP contribution is -2.52. The number of rotatable bonds is 6. The van der Waals surface area contributed by atoms with Crippen molar-refractivity contribution in [1.29, 1.82) is 0 Å². The maximum atomic E-state index is 14.1. The summed E-state index contributed by atoms with van der Waals surface area (Å²) in [6, 6.07) is 19.1. The van der Waals surface area contributed by atoms with Crippen LogP contribution >= 0.6 is 0 Å². The largest absolute Gasteiger partial charge is 0.378 e. The highest BCUT2D eigenvalue weighted by Gasteiger charge is 2.48. The molecule has 2 fully saturated rings. The number of nitrogens with one attached hydrogen (secondary N) is 3. The number of anilines is 1. The van der Waals surface area contributed by atoms with Gasteiger partial charge in [-0.2, -0.15) is 0 Å². The zero-order chi connectivity index (χ0) is 24.2. The van der Waals surface area contributed by atoms with Crippen molar-refractivity contribution in [1.82, 2.24) is 15.5 Å². The minimum absolute atomic E-state index is 0.0612. The fourth-order valence-corrected chi connectivity index (χ4v) is 6.37. The Balaban J connectivity index is 1.38. The molecule has 6 nitrogen and oxygen atoms in total. The second-order valence-electron chi connectivity index (χ2n) is 10.3. The third kappa shape index (κ3) is 4.89. The maximum absolute atomic E-state index is 14.1. The van der Waals surface area contributed by atoms with E-state index in [0.29, 0.717) is 12.5 Å². The number of carbonyl (C=O) groups is 2. The van der Waals surface area contributed by atoms with Crippen molar-refractivity contribution in [3.8, 4) is 0 Å². The quantitative estimate of drug-likeness (QED) is 0.491. The predicted molar refractivity (Wildman–Crippen MR) is 139 cm³/mol. The van der Waals surface area contributed by atoms with Crippen molar-refractivity contribution >= 4 is 17.6 Å². The number of hydrogen-bond acceptors (Lipinski definition) is 3. The first-order valence-corrected chi connectivity index (χ1v) is 13.4. The Kier molecular flexibility index (Phi) is 7.26. The molecule has 2 heterocycles. The molecule has 0 spiro atoms. The second kappa shape index (κ2) is 10.7. The molecule has 186 valence electrons. The molecule has 3 amide bonds. The molecule has 5 atom stereocenters. The van der Waals surface area contributed by atoms with Crippen LogP contribution in [0.25, 0.3) is 0 Å². The summed E-state index contributed by atoms with van der Waals surface area (Å²) < 4.78 is 0. The van der Waals surface area contributed by atoms with E-state index in [4.69, 9.17) is 0 Å². The van der Waals surface area contributed by atoms with Crippen LogP contribution in [0.3, 0.4) is 0 Å². The SMILES string of the molecule is CCCCNC(=O)N[C@@H]1CCCC[C@@H]1C(=O)N1CC[C@H]2[C@H](c3ccccc3)Nc3ccccc3[C@@H]21. The Morgan fingerprint density at radius 2 is 1.77 bits per heavy atom. The van der Waals surface area contributed by atoms with Crippen LogP contribution in [-0.4, -0.2) is 36.0 Å². The summed E-state index contributed by atoms with van der Waals surface area (Å²) in [7, 11) is 0. The van der Waals surface area contributed by atoms with E-state index in [1.807, 2.05) is 0 Å². The Morgan fingerprint density at radius 1 is 1.00 bits per heavy atom. The highest BCUT2D eigenvalue weighted by atomic mass is 16.2. The third-order valence-corrected chi connectivity index (χ3v) is 8.12. The minimum Gasteiger partial charge on any atom is -0.378 e. The lowest BCUT2D eigenvalue weighted by atomic mass is 9.79. The van der Waals surface area contributed by atoms with Gasteiger partial charge in [0.05, 0.1) is 18.0 Å². The highest BCUT2D eigenvalue weighted by molar-refractivity contribution is 5.82. The van der Waals surface area contributed by atoms with Crippen molar-refractivity contribution < 1.29 is 9.59 Å². The van der Waals surface area contributed by atoms with Crippen LogP contribution in [0.4, 0.5) is 10.5 Å². The molecule has 3 N–H and O–H groups in total. The molecule has 0 aromatic heterocycles. The summed E-state index contributed by atoms with van der Waals surface area (Å²) in [5.74, 6) is 0.375. The second-order valence-corrected chi connectivity index (χ2v) is 10.3. The van der Waals surface area contributed by atoms with E-state index >= 15 is 0 Å². The number of unbranched alkanes of at least 4 members (excludes halogenated alkanes) is 1. The Hall–Kier alpha value is -3.02. The summed E-state index contributed by atoms with van der Waals surface area (Å²) in [5, 5.41) is 9.89. The zero-order valence-electron chi connectivity index (χ0n) is 20.7. The standard InChI is InChI=1S/C29H38N4O2/c1-2-3-18-30-29(35)32-25-16-10-8-14-22(25)28(34)33-19-17-23-26(20-11-5-4-6-12-20)31-24-15-9-7-13-21(24)27(23)33/h4-7,9,11-13,15,22-23,25-27,31H,2-3,8,10,14,16-19H2,1H3,(H2,30,32,35)/t22-,23-,25+,26-,27-/m0/s1. The Bertz CT molecular complexity index is 1030. The molecule has 3 aliphatic rings. The molecular formula is C29H38N4O2. The molecule has 5 rings (SSSR count). The third-order valence-electron chi connectivity index (χ3n) is 8.12. The van der Waals surface area contributed by atoms with Gasteiger partial charge in [0.1, 0.15) is 0 Å². The van der Waals surface area contributed by atoms with Gasteiger partial charge in [-0.1, -0.05) is 74.7 Å². The number of carbonyl (C=O) groups excluding carboxylic acids is 2. The van der Waals surface area contributed by atoms with E-state index in [2.05, 4.69) is 82.4 Å². The van der Waals surface area contributed by atoms with Gasteiger partial charge >= 0.3 is 6.03 Å². The van der Waals surface area contributed by atoms with Gasteiger partial charge in [-0.05, 0) is 42.9 Å². The van der Waals surface area contributed by atoms with E-state index in [1.54, 1.807) is 0 Å². The van der Waals surface area contributed by atoms with Crippen molar-refractivity contribution in [2.24, 2.45) is 11.8 Å². The van der Waals surface area contributed by atoms with E-state index in [0.717, 1.165) is 57.2 Å². The summed E-state index contributed by atoms with van der Waals surface area (Å²) in [6.07, 6.45) is 6.78. The van der Waals surface area contributed by atoms with Gasteiger partial charge in [-0.15, -0.1) is 0 Å². The van der Waals surface area contributed by atoms with Crippen LogP contribution in [0, 0.1) is 11.8 Å². The van der Waals surface area contributed by atoms with Crippen molar-refractivity contribution in [2.75, 3.05) is 18.4 Å². The molecule has 2 aliphatic heterocycles. The summed E-state index contributed by atoms with van der Waals surface area (Å²) in [4.78, 5) is 28.7. The predicted octanol–water partition coefficient (Wildman–Crippen LogP) is 5.40. The first-order chi connectivity index (χ1) is 17.2. The number of benzene rings is 2. The van der Waals surface area contributed by atoms with Crippen LogP contribution in [0.15, 0.2) is 54.6 Å². The molecule has 0 unspecified atom stereocenters. The van der Waals surface area contributed by atoms with Crippen molar-refractivity contribution in [2.45, 2.75) is 70.0 Å². The minimum atomic E-state index is -0.156. The summed E-state index contributed by atoms with van der Waals surface area (Å²) >= 11 is 0. The number of hydrogen-bond donors (Lipinski definition) is 3. The van der Waals surface area contributed by atoms with Gasteiger partial charge in [-0.25, -0.2) is 4.79 Å². The molecule has 6 heteroatoms. The molecule has 0 bridgehead atoms. The normalized spacial score (nSPS) is 27.3. The molecule has 2 aromatic carbocycles. The van der Waals surface area contributed by atoms with Gasteiger partial charge in [-0.3, -0.25) is 4.79 Å². The lowest BCUT2D eigenvalue weighted by Gasteiger charge is -2.42. The fourth-order valence-electron chi connectivity index (χ4n) is 6.37. The van der Waals surface area contributed by atoms with Gasteiger partial charge in [0.15, 0.2) is 0 Å². The molecule has 1 aliphatic carbocycles. The van der Waals surface area contributed by atoms with Crippen molar-refractivity contribution in [3.63, 3.8) is 0 Å². The van der Waals surface area contributed by atoms with Crippen LogP contribution < -0.4 is 16.0 Å². The summed E-state index contributed by atoms with van der Waals surface area (Å²) in [5.41, 5.74) is 3.61. The Labute approximate surface area is 208 Å². The maximum Gasteiger partial charge on any atom is 0.315 e. The number of likely N-dealkylation sites (tertiary alicyclic amines) is 1. The van der Waals surface area contributed by atoms with Gasteiger partial charge in [0.25, 0.3) is 0 Å². The average Bonchev–Trinajstić information content (AvgIpc) is 3.34. The molecular weight excluding hydrogens is 436 g/mol. The zero-order valence-corrected chi connectivity index (χ0v) is 20.7. The van der Waals surface area contributed by atoms with E-state index in [1.165, 1.54) is 11.1 Å². The van der Waals surface area contributed by atoms with Gasteiger partial charge in [0.2, 0.25) is 5.91 Å². The van der Waals surface area contributed by atoms with Gasteiger partial charge in [0, 0.05) is 30.7 Å². The topological polar surface area (TPSA) is 73.5 Å². The van der Waals surface area contributed by atoms with E-state index < -0.39 is 0 Å². The molecule has 1 saturated carbocycles. The lowest BCUT2D eigenvalue weighted by molar-refractivity contribution is -0.138. The first-order valence-electron chi connectivity index (χ1n) is 13.4. The van der Waals surface area contributed by atoms with Crippen LogP contribution in [0.5, 0.6) is 0 Å². The van der Waals surface area contributed by atoms with Crippen LogP contribution in [-0.2, 0) is 4.79 Å². The molecule has 0 radical (unpaired) electrons. The first kappa shape index (κ1) is 23.7. The fraction of sp³-hybridized carbons (Fsp3) is 0.517. The van der Waals surface area contributed by atoms with Crippen molar-refractivity contribution in [3.05, 3.63) is 65.7 Å². The average molecular weight is 475 g/mol. The molecule has 35 heavy (non-hydrogen) atoms. The Morgan fingerprint density at radius 3 is 2.60 bits per heavy atom. The van der Waals surface area contributed by atoms with E-state index in [-0.39, 0.29) is 36.0 Å². The number of urea groups is 1. The summed E-state index contributed by atoms with van der Waals surface area (Å²) in [6.45, 7) is 3.55. The smallest absolute Gasteiger partial charge is 0.315 e. The molecule has 1 saturated heterocycles. The molecule has 2 aromatic rings. The van der Waals surface area contributed by atoms with E-state index in [9.17, 15) is 9.59 Å². The van der Waals surface area contributed by atoms with Crippen LogP contribution in [0.2, 0.25) is 0 Å². The number of nitrogens with zero attached hydrogens (tertiary/aromatic N) is 1. The number of fused-ring (bicyclic) bond motifs is 3. The van der Waals surface area contributed by atoms with Gasteiger partial charge < -0.3 is 20.9 Å². The monoisotopic (exact) mass is 474 g/mol. The number of amides is 3. The van der Waals surface area contributed by atoms with Crippen LogP contribution in [0.1, 0.15) is 75.1 Å². The highest BCUT2D eigenvalue weighted by Crippen LogP contribution is 2.51.